The number of nitrogens with one attached hydrogen (secondary N) is 1. The maximum absolute atomic E-state index is 11.8. The number of hydrogen-bond acceptors (Lipinski definition) is 3. The number of esters is 1. The van der Waals surface area contributed by atoms with Crippen LogP contribution in [0.4, 0.5) is 0 Å². The molecule has 0 spiro atoms. The van der Waals surface area contributed by atoms with Crippen molar-refractivity contribution >= 4 is 16.9 Å². The van der Waals surface area contributed by atoms with Gasteiger partial charge in [0.25, 0.3) is 0 Å². The molecule has 0 atom stereocenters. The van der Waals surface area contributed by atoms with Gasteiger partial charge in [-0.05, 0) is 13.0 Å². The minimum absolute atomic E-state index is 0.333. The minimum Gasteiger partial charge on any atom is -0.461 e. The molecule has 3 rings (SSSR count). The van der Waals surface area contributed by atoms with Crippen LogP contribution in [-0.4, -0.2) is 27.3 Å². The highest BCUT2D eigenvalue weighted by Gasteiger charge is 2.13. The number of aromatic amines is 1. The standard InChI is InChI=1S/C15H15N3O2/c1-3-20-15(19)13-7-10-5-4-6-12(14(10)17-13)11-8-16-18(2)9-11/h4-9,17H,3H2,1-2H3. The number of ether oxygens (including phenoxy) is 1. The molecule has 102 valence electrons. The zero-order chi connectivity index (χ0) is 14.1. The van der Waals surface area contributed by atoms with Crippen molar-refractivity contribution in [3.8, 4) is 11.1 Å². The van der Waals surface area contributed by atoms with Gasteiger partial charge in [0.05, 0.1) is 18.3 Å². The average Bonchev–Trinajstić information content (AvgIpc) is 3.04. The number of fused-ring (bicyclic) bond motifs is 1. The van der Waals surface area contributed by atoms with Crippen molar-refractivity contribution < 1.29 is 9.53 Å². The Labute approximate surface area is 116 Å². The van der Waals surface area contributed by atoms with E-state index in [9.17, 15) is 4.79 Å². The van der Waals surface area contributed by atoms with Gasteiger partial charge >= 0.3 is 5.97 Å². The summed E-state index contributed by atoms with van der Waals surface area (Å²) in [4.78, 5) is 14.9. The van der Waals surface area contributed by atoms with Crippen molar-refractivity contribution in [1.29, 1.82) is 0 Å². The third-order valence-corrected chi connectivity index (χ3v) is 3.17. The summed E-state index contributed by atoms with van der Waals surface area (Å²) >= 11 is 0. The highest BCUT2D eigenvalue weighted by Crippen LogP contribution is 2.28. The van der Waals surface area contributed by atoms with E-state index >= 15 is 0 Å². The van der Waals surface area contributed by atoms with E-state index in [0.29, 0.717) is 12.3 Å². The maximum Gasteiger partial charge on any atom is 0.354 e. The zero-order valence-electron chi connectivity index (χ0n) is 11.4. The lowest BCUT2D eigenvalue weighted by Crippen LogP contribution is -2.04. The van der Waals surface area contributed by atoms with Crippen molar-refractivity contribution in [1.82, 2.24) is 14.8 Å². The van der Waals surface area contributed by atoms with Gasteiger partial charge in [-0.1, -0.05) is 18.2 Å². The average molecular weight is 269 g/mol. The van der Waals surface area contributed by atoms with Gasteiger partial charge in [0, 0.05) is 29.8 Å². The first kappa shape index (κ1) is 12.5. The quantitative estimate of drug-likeness (QED) is 0.744. The molecule has 0 unspecified atom stereocenters. The van der Waals surface area contributed by atoms with E-state index in [4.69, 9.17) is 4.74 Å². The summed E-state index contributed by atoms with van der Waals surface area (Å²) in [5.74, 6) is -0.333. The molecule has 0 aliphatic rings. The highest BCUT2D eigenvalue weighted by atomic mass is 16.5. The van der Waals surface area contributed by atoms with Crippen LogP contribution in [0, 0.1) is 0 Å². The van der Waals surface area contributed by atoms with Gasteiger partial charge in [-0.25, -0.2) is 4.79 Å². The largest absolute Gasteiger partial charge is 0.461 e. The number of aromatic nitrogens is 3. The van der Waals surface area contributed by atoms with Gasteiger partial charge in [-0.3, -0.25) is 4.68 Å². The van der Waals surface area contributed by atoms with Crippen LogP contribution in [-0.2, 0) is 11.8 Å². The van der Waals surface area contributed by atoms with E-state index in [2.05, 4.69) is 10.1 Å². The lowest BCUT2D eigenvalue weighted by Gasteiger charge is -2.00. The molecule has 0 amide bonds. The molecular formula is C15H15N3O2. The molecule has 20 heavy (non-hydrogen) atoms. The molecule has 0 bridgehead atoms. The Bertz CT molecular complexity index is 770. The Morgan fingerprint density at radius 3 is 3.00 bits per heavy atom. The molecule has 0 radical (unpaired) electrons. The van der Waals surface area contributed by atoms with Crippen LogP contribution < -0.4 is 0 Å². The summed E-state index contributed by atoms with van der Waals surface area (Å²) in [6.07, 6.45) is 3.75. The second-order valence-electron chi connectivity index (χ2n) is 4.58. The lowest BCUT2D eigenvalue weighted by molar-refractivity contribution is 0.0520. The summed E-state index contributed by atoms with van der Waals surface area (Å²) in [5.41, 5.74) is 3.42. The maximum atomic E-state index is 11.8. The van der Waals surface area contributed by atoms with Crippen molar-refractivity contribution in [2.24, 2.45) is 7.05 Å². The van der Waals surface area contributed by atoms with Crippen LogP contribution in [0.25, 0.3) is 22.0 Å². The second-order valence-corrected chi connectivity index (χ2v) is 4.58. The number of H-pyrrole nitrogens is 1. The van der Waals surface area contributed by atoms with E-state index in [0.717, 1.165) is 22.0 Å². The topological polar surface area (TPSA) is 59.9 Å². The van der Waals surface area contributed by atoms with Crippen LogP contribution in [0.3, 0.4) is 0 Å². The van der Waals surface area contributed by atoms with Crippen molar-refractivity contribution in [2.75, 3.05) is 6.61 Å². The van der Waals surface area contributed by atoms with Crippen molar-refractivity contribution in [3.63, 3.8) is 0 Å². The SMILES string of the molecule is CCOC(=O)c1cc2cccc(-c3cnn(C)c3)c2[nH]1. The number of nitrogens with zero attached hydrogens (tertiary/aromatic N) is 2. The van der Waals surface area contributed by atoms with E-state index in [1.165, 1.54) is 0 Å². The lowest BCUT2D eigenvalue weighted by atomic mass is 10.1. The zero-order valence-corrected chi connectivity index (χ0v) is 11.4. The van der Waals surface area contributed by atoms with Crippen molar-refractivity contribution in [3.05, 3.63) is 42.4 Å². The fourth-order valence-corrected chi connectivity index (χ4v) is 2.28. The Morgan fingerprint density at radius 2 is 2.30 bits per heavy atom. The number of carbonyl (C=O) groups is 1. The Balaban J connectivity index is 2.12. The molecule has 5 heteroatoms. The van der Waals surface area contributed by atoms with Crippen LogP contribution in [0.15, 0.2) is 36.7 Å². The molecule has 0 aliphatic carbocycles. The van der Waals surface area contributed by atoms with Gasteiger partial charge in [-0.2, -0.15) is 5.10 Å². The predicted octanol–water partition coefficient (Wildman–Crippen LogP) is 2.75. The molecule has 0 fully saturated rings. The number of aryl methyl sites for hydroxylation is 1. The molecule has 2 heterocycles. The van der Waals surface area contributed by atoms with Crippen LogP contribution in [0.5, 0.6) is 0 Å². The molecule has 0 saturated heterocycles. The molecular weight excluding hydrogens is 254 g/mol. The van der Waals surface area contributed by atoms with Crippen LogP contribution >= 0.6 is 0 Å². The fourth-order valence-electron chi connectivity index (χ4n) is 2.28. The molecule has 0 saturated carbocycles. The van der Waals surface area contributed by atoms with E-state index < -0.39 is 0 Å². The summed E-state index contributed by atoms with van der Waals surface area (Å²) in [6.45, 7) is 2.16. The number of carbonyl (C=O) groups excluding carboxylic acids is 1. The normalized spacial score (nSPS) is 10.9. The molecule has 3 aromatic rings. The third kappa shape index (κ3) is 2.07. The summed E-state index contributed by atoms with van der Waals surface area (Å²) < 4.78 is 6.77. The summed E-state index contributed by atoms with van der Waals surface area (Å²) in [5, 5.41) is 5.16. The Kier molecular flexibility index (Phi) is 3.02. The molecule has 0 aliphatic heterocycles. The smallest absolute Gasteiger partial charge is 0.354 e. The van der Waals surface area contributed by atoms with Gasteiger partial charge in [0.2, 0.25) is 0 Å². The molecule has 5 nitrogen and oxygen atoms in total. The van der Waals surface area contributed by atoms with E-state index in [1.807, 2.05) is 37.5 Å². The number of para-hydroxylation sites is 1. The Hall–Kier alpha value is -2.56. The Morgan fingerprint density at radius 1 is 1.45 bits per heavy atom. The van der Waals surface area contributed by atoms with Gasteiger partial charge in [-0.15, -0.1) is 0 Å². The van der Waals surface area contributed by atoms with Crippen LogP contribution in [0.1, 0.15) is 17.4 Å². The third-order valence-electron chi connectivity index (χ3n) is 3.17. The number of hydrogen-bond donors (Lipinski definition) is 1. The minimum atomic E-state index is -0.333. The summed E-state index contributed by atoms with van der Waals surface area (Å²) in [6, 6.07) is 7.75. The highest BCUT2D eigenvalue weighted by molar-refractivity contribution is 6.00. The second kappa shape index (κ2) is 4.85. The van der Waals surface area contributed by atoms with Gasteiger partial charge in [0.15, 0.2) is 0 Å². The first-order valence-corrected chi connectivity index (χ1v) is 6.47. The molecule has 2 aromatic heterocycles. The van der Waals surface area contributed by atoms with Gasteiger partial charge < -0.3 is 9.72 Å². The van der Waals surface area contributed by atoms with Crippen LogP contribution in [0.2, 0.25) is 0 Å². The first-order chi connectivity index (χ1) is 9.69. The number of benzene rings is 1. The molecule has 1 aromatic carbocycles. The number of rotatable bonds is 3. The van der Waals surface area contributed by atoms with E-state index in [1.54, 1.807) is 17.8 Å². The summed E-state index contributed by atoms with van der Waals surface area (Å²) in [7, 11) is 1.88. The van der Waals surface area contributed by atoms with Gasteiger partial charge in [0.1, 0.15) is 5.69 Å². The van der Waals surface area contributed by atoms with Crippen molar-refractivity contribution in [2.45, 2.75) is 6.92 Å². The monoisotopic (exact) mass is 269 g/mol. The van der Waals surface area contributed by atoms with E-state index in [-0.39, 0.29) is 5.97 Å². The fraction of sp³-hybridized carbons (Fsp3) is 0.200. The first-order valence-electron chi connectivity index (χ1n) is 6.47. The molecule has 1 N–H and O–H groups in total. The predicted molar refractivity (Wildman–Crippen MR) is 76.5 cm³/mol.